The van der Waals surface area contributed by atoms with Gasteiger partial charge in [0.05, 0.1) is 5.75 Å². The van der Waals surface area contributed by atoms with Crippen LogP contribution in [0.2, 0.25) is 0 Å². The van der Waals surface area contributed by atoms with E-state index >= 15 is 0 Å². The molecule has 0 spiro atoms. The van der Waals surface area contributed by atoms with Gasteiger partial charge in [0.25, 0.3) is 0 Å². The highest BCUT2D eigenvalue weighted by molar-refractivity contribution is 8.00. The Hall–Kier alpha value is -0.720. The molecule has 1 aromatic rings. The van der Waals surface area contributed by atoms with Gasteiger partial charge in [-0.25, -0.2) is 13.1 Å². The molecule has 6 heteroatoms. The van der Waals surface area contributed by atoms with E-state index in [1.165, 1.54) is 11.8 Å². The Bertz CT molecular complexity index is 522. The summed E-state index contributed by atoms with van der Waals surface area (Å²) in [6.45, 7) is 2.68. The fourth-order valence-corrected chi connectivity index (χ4v) is 4.07. The van der Waals surface area contributed by atoms with Crippen LogP contribution in [0.3, 0.4) is 0 Å². The minimum absolute atomic E-state index is 0.151. The van der Waals surface area contributed by atoms with E-state index in [4.69, 9.17) is 5.73 Å². The Morgan fingerprint density at radius 2 is 1.95 bits per heavy atom. The van der Waals surface area contributed by atoms with Crippen molar-refractivity contribution in [2.75, 3.05) is 23.8 Å². The van der Waals surface area contributed by atoms with Crippen LogP contribution in [0.15, 0.2) is 29.2 Å². The van der Waals surface area contributed by atoms with Crippen molar-refractivity contribution in [3.8, 4) is 0 Å². The number of benzene rings is 1. The largest absolute Gasteiger partial charge is 0.399 e. The summed E-state index contributed by atoms with van der Waals surface area (Å²) in [4.78, 5) is 1.04. The lowest BCUT2D eigenvalue weighted by Crippen LogP contribution is -2.31. The maximum atomic E-state index is 11.8. The number of nitrogen functional groups attached to an aromatic ring is 1. The maximum Gasteiger partial charge on any atom is 0.212 e. The molecule has 0 bridgehead atoms. The Kier molecular flexibility index (Phi) is 4.43. The SMILES string of the molecule is CC1(CNS(=O)(=O)CCSc2ccc(N)cc2)CC1. The van der Waals surface area contributed by atoms with Gasteiger partial charge in [-0.1, -0.05) is 6.92 Å². The molecule has 0 atom stereocenters. The van der Waals surface area contributed by atoms with Crippen molar-refractivity contribution in [1.29, 1.82) is 0 Å². The second-order valence-electron chi connectivity index (χ2n) is 5.37. The van der Waals surface area contributed by atoms with Crippen LogP contribution in [0.1, 0.15) is 19.8 Å². The number of anilines is 1. The van der Waals surface area contributed by atoms with E-state index in [9.17, 15) is 8.42 Å². The predicted molar refractivity (Wildman–Crippen MR) is 80.7 cm³/mol. The molecule has 4 nitrogen and oxygen atoms in total. The highest BCUT2D eigenvalue weighted by Gasteiger charge is 2.37. The lowest BCUT2D eigenvalue weighted by Gasteiger charge is -2.10. The van der Waals surface area contributed by atoms with Crippen molar-refractivity contribution in [2.24, 2.45) is 5.41 Å². The highest BCUT2D eigenvalue weighted by atomic mass is 32.2. The number of hydrogen-bond acceptors (Lipinski definition) is 4. The Balaban J connectivity index is 1.73. The van der Waals surface area contributed by atoms with Crippen molar-refractivity contribution in [3.63, 3.8) is 0 Å². The molecule has 106 valence electrons. The van der Waals surface area contributed by atoms with Crippen LogP contribution in [0, 0.1) is 5.41 Å². The first-order valence-electron chi connectivity index (χ1n) is 6.34. The third-order valence-corrected chi connectivity index (χ3v) is 5.92. The third kappa shape index (κ3) is 5.04. The van der Waals surface area contributed by atoms with Crippen molar-refractivity contribution in [3.05, 3.63) is 24.3 Å². The quantitative estimate of drug-likeness (QED) is 0.597. The molecule has 1 aliphatic rings. The van der Waals surface area contributed by atoms with Gasteiger partial charge >= 0.3 is 0 Å². The summed E-state index contributed by atoms with van der Waals surface area (Å²) >= 11 is 1.53. The second-order valence-corrected chi connectivity index (χ2v) is 8.46. The molecule has 1 saturated carbocycles. The van der Waals surface area contributed by atoms with Gasteiger partial charge in [0.2, 0.25) is 10.0 Å². The van der Waals surface area contributed by atoms with Gasteiger partial charge in [0, 0.05) is 22.9 Å². The van der Waals surface area contributed by atoms with E-state index in [2.05, 4.69) is 11.6 Å². The van der Waals surface area contributed by atoms with E-state index in [1.807, 2.05) is 24.3 Å². The van der Waals surface area contributed by atoms with Gasteiger partial charge in [0.1, 0.15) is 0 Å². The van der Waals surface area contributed by atoms with Crippen molar-refractivity contribution < 1.29 is 8.42 Å². The monoisotopic (exact) mass is 300 g/mol. The molecule has 0 heterocycles. The molecule has 0 aliphatic heterocycles. The second kappa shape index (κ2) is 5.73. The first kappa shape index (κ1) is 14.7. The molecule has 1 aromatic carbocycles. The molecule has 19 heavy (non-hydrogen) atoms. The summed E-state index contributed by atoms with van der Waals surface area (Å²) in [6.07, 6.45) is 2.24. The molecular weight excluding hydrogens is 280 g/mol. The zero-order valence-corrected chi connectivity index (χ0v) is 12.7. The predicted octanol–water partition coefficient (Wildman–Crippen LogP) is 2.08. The van der Waals surface area contributed by atoms with E-state index in [1.54, 1.807) is 0 Å². The molecule has 0 saturated heterocycles. The fourth-order valence-electron chi connectivity index (χ4n) is 1.58. The molecule has 1 fully saturated rings. The molecule has 0 aromatic heterocycles. The Morgan fingerprint density at radius 1 is 1.32 bits per heavy atom. The molecule has 1 aliphatic carbocycles. The minimum Gasteiger partial charge on any atom is -0.399 e. The van der Waals surface area contributed by atoms with Crippen LogP contribution < -0.4 is 10.5 Å². The molecule has 0 unspecified atom stereocenters. The third-order valence-electron chi connectivity index (χ3n) is 3.32. The van der Waals surface area contributed by atoms with E-state index in [0.717, 1.165) is 23.4 Å². The first-order chi connectivity index (χ1) is 8.89. The van der Waals surface area contributed by atoms with Crippen LogP contribution in [0.25, 0.3) is 0 Å². The zero-order chi connectivity index (χ0) is 13.9. The van der Waals surface area contributed by atoms with Gasteiger partial charge in [-0.05, 0) is 42.5 Å². The number of hydrogen-bond donors (Lipinski definition) is 2. The van der Waals surface area contributed by atoms with Crippen molar-refractivity contribution in [1.82, 2.24) is 4.72 Å². The fraction of sp³-hybridized carbons (Fsp3) is 0.538. The molecule has 3 N–H and O–H groups in total. The van der Waals surface area contributed by atoms with Crippen LogP contribution in [-0.2, 0) is 10.0 Å². The van der Waals surface area contributed by atoms with E-state index < -0.39 is 10.0 Å². The summed E-state index contributed by atoms with van der Waals surface area (Å²) in [7, 11) is -3.15. The number of rotatable bonds is 7. The molecule has 2 rings (SSSR count). The summed E-state index contributed by atoms with van der Waals surface area (Å²) in [5, 5.41) is 0. The topological polar surface area (TPSA) is 72.2 Å². The van der Waals surface area contributed by atoms with Gasteiger partial charge in [-0.2, -0.15) is 0 Å². The minimum atomic E-state index is -3.15. The molecule has 0 amide bonds. The number of nitrogens with two attached hydrogens (primary N) is 1. The van der Waals surface area contributed by atoms with E-state index in [0.29, 0.717) is 12.3 Å². The zero-order valence-electron chi connectivity index (χ0n) is 11.1. The smallest absolute Gasteiger partial charge is 0.212 e. The summed E-state index contributed by atoms with van der Waals surface area (Å²) in [6, 6.07) is 7.46. The van der Waals surface area contributed by atoms with E-state index in [-0.39, 0.29) is 11.2 Å². The first-order valence-corrected chi connectivity index (χ1v) is 8.98. The lowest BCUT2D eigenvalue weighted by molar-refractivity contribution is 0.531. The Morgan fingerprint density at radius 3 is 2.53 bits per heavy atom. The number of thioether (sulfide) groups is 1. The van der Waals surface area contributed by atoms with Crippen molar-refractivity contribution >= 4 is 27.5 Å². The van der Waals surface area contributed by atoms with Gasteiger partial charge in [-0.3, -0.25) is 0 Å². The maximum absolute atomic E-state index is 11.8. The highest BCUT2D eigenvalue weighted by Crippen LogP contribution is 2.44. The van der Waals surface area contributed by atoms with Gasteiger partial charge in [0.15, 0.2) is 0 Å². The average Bonchev–Trinajstić information content (AvgIpc) is 3.09. The summed E-state index contributed by atoms with van der Waals surface area (Å²) in [5.74, 6) is 0.702. The Labute approximate surface area is 119 Å². The number of nitrogens with one attached hydrogen (secondary N) is 1. The van der Waals surface area contributed by atoms with Crippen LogP contribution in [0.4, 0.5) is 5.69 Å². The van der Waals surface area contributed by atoms with Gasteiger partial charge in [-0.15, -0.1) is 11.8 Å². The molecule has 0 radical (unpaired) electrons. The summed E-state index contributed by atoms with van der Waals surface area (Å²) in [5.41, 5.74) is 6.52. The van der Waals surface area contributed by atoms with Crippen LogP contribution in [0.5, 0.6) is 0 Å². The van der Waals surface area contributed by atoms with Crippen LogP contribution >= 0.6 is 11.8 Å². The normalized spacial score (nSPS) is 17.3. The van der Waals surface area contributed by atoms with Crippen LogP contribution in [-0.4, -0.2) is 26.5 Å². The average molecular weight is 300 g/mol. The van der Waals surface area contributed by atoms with Crippen molar-refractivity contribution in [2.45, 2.75) is 24.7 Å². The number of sulfonamides is 1. The standard InChI is InChI=1S/C13H20N2O2S2/c1-13(6-7-13)10-15-19(16,17)9-8-18-12-4-2-11(14)3-5-12/h2-5,15H,6-10,14H2,1H3. The molecular formula is C13H20N2O2S2. The summed E-state index contributed by atoms with van der Waals surface area (Å²) < 4.78 is 26.3. The lowest BCUT2D eigenvalue weighted by atomic mass is 10.2. The van der Waals surface area contributed by atoms with Gasteiger partial charge < -0.3 is 5.73 Å².